The molecule has 0 saturated heterocycles. The second kappa shape index (κ2) is 6.97. The fourth-order valence-electron chi connectivity index (χ4n) is 1.84. The highest BCUT2D eigenvalue weighted by atomic mass is 79.9. The van der Waals surface area contributed by atoms with Crippen LogP contribution in [0.5, 0.6) is 0 Å². The third-order valence-corrected chi connectivity index (χ3v) is 3.95. The zero-order valence-electron chi connectivity index (χ0n) is 11.8. The molecule has 0 saturated carbocycles. The first-order valence-corrected chi connectivity index (χ1v) is 7.18. The smallest absolute Gasteiger partial charge is 0.228 e. The number of hydrogen-bond donors (Lipinski definition) is 1. The largest absolute Gasteiger partial charge is 0.383 e. The van der Waals surface area contributed by atoms with Gasteiger partial charge in [-0.1, -0.05) is 33.2 Å². The molecule has 2 rings (SSSR count). The quantitative estimate of drug-likeness (QED) is 0.876. The summed E-state index contributed by atoms with van der Waals surface area (Å²) in [6.07, 6.45) is 0.643. The fraction of sp³-hybridized carbons (Fsp3) is 0.429. The molecule has 1 N–H and O–H groups in total. The molecule has 0 fully saturated rings. The Morgan fingerprint density at radius 3 is 2.90 bits per heavy atom. The second-order valence-electron chi connectivity index (χ2n) is 4.62. The van der Waals surface area contributed by atoms with E-state index in [4.69, 9.17) is 9.26 Å². The molecule has 1 atom stereocenters. The van der Waals surface area contributed by atoms with E-state index in [9.17, 15) is 0 Å². The van der Waals surface area contributed by atoms with Gasteiger partial charge in [-0.05, 0) is 25.6 Å². The Balaban J connectivity index is 2.13. The molecule has 0 aliphatic rings. The van der Waals surface area contributed by atoms with Crippen LogP contribution in [-0.2, 0) is 11.2 Å². The van der Waals surface area contributed by atoms with Gasteiger partial charge in [-0.3, -0.25) is 0 Å². The number of nitrogens with one attached hydrogen (secondary N) is 1. The molecule has 0 amide bonds. The molecule has 1 aromatic carbocycles. The van der Waals surface area contributed by atoms with Crippen LogP contribution in [0.15, 0.2) is 27.2 Å². The summed E-state index contributed by atoms with van der Waals surface area (Å²) < 4.78 is 11.5. The molecule has 0 spiro atoms. The van der Waals surface area contributed by atoms with E-state index in [1.807, 2.05) is 32.2 Å². The molecule has 5 nitrogen and oxygen atoms in total. The van der Waals surface area contributed by atoms with Crippen molar-refractivity contribution in [1.82, 2.24) is 15.5 Å². The number of nitrogens with zero attached hydrogens (tertiary/aromatic N) is 2. The minimum absolute atomic E-state index is 0.165. The van der Waals surface area contributed by atoms with Crippen molar-refractivity contribution >= 4 is 15.9 Å². The maximum Gasteiger partial charge on any atom is 0.228 e. The van der Waals surface area contributed by atoms with Crippen molar-refractivity contribution in [3.63, 3.8) is 0 Å². The maximum absolute atomic E-state index is 5.30. The van der Waals surface area contributed by atoms with Crippen molar-refractivity contribution in [3.8, 4) is 11.4 Å². The van der Waals surface area contributed by atoms with Crippen molar-refractivity contribution in [3.05, 3.63) is 34.1 Å². The highest BCUT2D eigenvalue weighted by Crippen LogP contribution is 2.23. The van der Waals surface area contributed by atoms with Crippen molar-refractivity contribution in [2.24, 2.45) is 0 Å². The molecule has 1 aromatic heterocycles. The number of aryl methyl sites for hydroxylation is 1. The number of halogens is 1. The molecule has 1 unspecified atom stereocenters. The SMILES string of the molecule is CNC(COC)Cc1nc(-c2ccc(C)c(Br)c2)no1. The van der Waals surface area contributed by atoms with Gasteiger partial charge in [0.05, 0.1) is 6.61 Å². The van der Waals surface area contributed by atoms with Crippen LogP contribution in [0.3, 0.4) is 0 Å². The standard InChI is InChI=1S/C14H18BrN3O2/c1-9-4-5-10(6-12(9)15)14-17-13(20-18-14)7-11(16-2)8-19-3/h4-6,11,16H,7-8H2,1-3H3. The van der Waals surface area contributed by atoms with Crippen molar-refractivity contribution in [2.45, 2.75) is 19.4 Å². The summed E-state index contributed by atoms with van der Waals surface area (Å²) in [5.41, 5.74) is 2.11. The number of methoxy groups -OCH3 is 1. The minimum Gasteiger partial charge on any atom is -0.383 e. The average Bonchev–Trinajstić information content (AvgIpc) is 2.90. The summed E-state index contributed by atoms with van der Waals surface area (Å²) >= 11 is 3.51. The zero-order valence-corrected chi connectivity index (χ0v) is 13.4. The molecule has 0 radical (unpaired) electrons. The van der Waals surface area contributed by atoms with Crippen LogP contribution < -0.4 is 5.32 Å². The lowest BCUT2D eigenvalue weighted by Gasteiger charge is -2.11. The summed E-state index contributed by atoms with van der Waals surface area (Å²) in [7, 11) is 3.56. The lowest BCUT2D eigenvalue weighted by molar-refractivity contribution is 0.165. The molecular formula is C14H18BrN3O2. The van der Waals surface area contributed by atoms with E-state index >= 15 is 0 Å². The summed E-state index contributed by atoms with van der Waals surface area (Å²) in [6, 6.07) is 6.17. The van der Waals surface area contributed by atoms with Crippen molar-refractivity contribution < 1.29 is 9.26 Å². The lowest BCUT2D eigenvalue weighted by atomic mass is 10.1. The van der Waals surface area contributed by atoms with E-state index in [1.54, 1.807) is 7.11 Å². The first-order valence-electron chi connectivity index (χ1n) is 6.39. The normalized spacial score (nSPS) is 12.6. The molecule has 6 heteroatoms. The second-order valence-corrected chi connectivity index (χ2v) is 5.48. The summed E-state index contributed by atoms with van der Waals surface area (Å²) in [4.78, 5) is 4.43. The summed E-state index contributed by atoms with van der Waals surface area (Å²) in [6.45, 7) is 2.64. The van der Waals surface area contributed by atoms with Gasteiger partial charge in [0, 0.05) is 29.6 Å². The fourth-order valence-corrected chi connectivity index (χ4v) is 2.22. The topological polar surface area (TPSA) is 60.2 Å². The minimum atomic E-state index is 0.165. The number of ether oxygens (including phenoxy) is 1. The van der Waals surface area contributed by atoms with Gasteiger partial charge in [-0.25, -0.2) is 0 Å². The van der Waals surface area contributed by atoms with Gasteiger partial charge >= 0.3 is 0 Å². The van der Waals surface area contributed by atoms with Gasteiger partial charge in [0.1, 0.15) is 0 Å². The van der Waals surface area contributed by atoms with Gasteiger partial charge in [0.15, 0.2) is 0 Å². The third kappa shape index (κ3) is 3.65. The Morgan fingerprint density at radius 2 is 2.25 bits per heavy atom. The zero-order chi connectivity index (χ0) is 14.5. The third-order valence-electron chi connectivity index (χ3n) is 3.10. The van der Waals surface area contributed by atoms with Gasteiger partial charge < -0.3 is 14.6 Å². The van der Waals surface area contributed by atoms with Crippen LogP contribution in [0.1, 0.15) is 11.5 Å². The number of aromatic nitrogens is 2. The monoisotopic (exact) mass is 339 g/mol. The molecule has 0 aliphatic carbocycles. The highest BCUT2D eigenvalue weighted by Gasteiger charge is 2.14. The predicted octanol–water partition coefficient (Wildman–Crippen LogP) is 2.58. The molecular weight excluding hydrogens is 322 g/mol. The van der Waals surface area contributed by atoms with E-state index in [-0.39, 0.29) is 6.04 Å². The predicted molar refractivity (Wildman–Crippen MR) is 80.6 cm³/mol. The Kier molecular flexibility index (Phi) is 5.28. The maximum atomic E-state index is 5.30. The highest BCUT2D eigenvalue weighted by molar-refractivity contribution is 9.10. The first-order chi connectivity index (χ1) is 9.63. The first kappa shape index (κ1) is 15.2. The molecule has 0 aliphatic heterocycles. The van der Waals surface area contributed by atoms with Crippen molar-refractivity contribution in [2.75, 3.05) is 20.8 Å². The molecule has 1 heterocycles. The molecule has 108 valence electrons. The Bertz CT molecular complexity index is 571. The van der Waals surface area contributed by atoms with Crippen LogP contribution in [0.25, 0.3) is 11.4 Å². The van der Waals surface area contributed by atoms with Crippen molar-refractivity contribution in [1.29, 1.82) is 0 Å². The summed E-state index contributed by atoms with van der Waals surface area (Å²) in [5.74, 6) is 1.21. The number of rotatable bonds is 6. The molecule has 2 aromatic rings. The van der Waals surface area contributed by atoms with E-state index in [0.29, 0.717) is 24.7 Å². The van der Waals surface area contributed by atoms with Crippen LogP contribution >= 0.6 is 15.9 Å². The molecule has 20 heavy (non-hydrogen) atoms. The van der Waals surface area contributed by atoms with Gasteiger partial charge in [0.2, 0.25) is 11.7 Å². The number of benzene rings is 1. The van der Waals surface area contributed by atoms with E-state index in [0.717, 1.165) is 10.0 Å². The Hall–Kier alpha value is -1.24. The lowest BCUT2D eigenvalue weighted by Crippen LogP contribution is -2.32. The van der Waals surface area contributed by atoms with Crippen LogP contribution in [0.2, 0.25) is 0 Å². The van der Waals surface area contributed by atoms with Gasteiger partial charge in [0.25, 0.3) is 0 Å². The van der Waals surface area contributed by atoms with Crippen LogP contribution in [-0.4, -0.2) is 36.9 Å². The van der Waals surface area contributed by atoms with E-state index < -0.39 is 0 Å². The average molecular weight is 340 g/mol. The molecule has 0 bridgehead atoms. The van der Waals surface area contributed by atoms with E-state index in [1.165, 1.54) is 5.56 Å². The number of hydrogen-bond acceptors (Lipinski definition) is 5. The van der Waals surface area contributed by atoms with Crippen LogP contribution in [0.4, 0.5) is 0 Å². The number of likely N-dealkylation sites (N-methyl/N-ethyl adjacent to an activating group) is 1. The van der Waals surface area contributed by atoms with E-state index in [2.05, 4.69) is 31.4 Å². The summed E-state index contributed by atoms with van der Waals surface area (Å²) in [5, 5.41) is 7.19. The Labute approximate surface area is 126 Å². The Morgan fingerprint density at radius 1 is 1.45 bits per heavy atom. The van der Waals surface area contributed by atoms with Gasteiger partial charge in [-0.15, -0.1) is 0 Å². The van der Waals surface area contributed by atoms with Gasteiger partial charge in [-0.2, -0.15) is 4.98 Å². The van der Waals surface area contributed by atoms with Crippen LogP contribution in [0, 0.1) is 6.92 Å².